The van der Waals surface area contributed by atoms with Crippen LogP contribution in [0.1, 0.15) is 42.5 Å². The molecule has 1 fully saturated rings. The average Bonchev–Trinajstić information content (AvgIpc) is 2.53. The van der Waals surface area contributed by atoms with Crippen molar-refractivity contribution >= 4 is 17.5 Å². The quantitative estimate of drug-likeness (QED) is 0.903. The van der Waals surface area contributed by atoms with Gasteiger partial charge in [-0.05, 0) is 45.1 Å². The number of amides is 1. The zero-order valence-electron chi connectivity index (χ0n) is 13.6. The average molecular weight is 325 g/mol. The molecule has 2 rings (SSSR count). The number of nitrogens with one attached hydrogen (secondary N) is 1. The number of carbonyl (C=O) groups is 1. The maximum Gasteiger partial charge on any atom is 0.251 e. The number of rotatable bonds is 5. The molecule has 5 heteroatoms. The number of ether oxygens (including phenoxy) is 1. The van der Waals surface area contributed by atoms with Crippen LogP contribution in [0.2, 0.25) is 5.02 Å². The lowest BCUT2D eigenvalue weighted by molar-refractivity contribution is 0.0799. The van der Waals surface area contributed by atoms with Crippen LogP contribution in [0.5, 0.6) is 5.75 Å². The van der Waals surface area contributed by atoms with Crippen LogP contribution in [-0.4, -0.2) is 44.1 Å². The first-order chi connectivity index (χ1) is 10.5. The molecule has 0 unspecified atom stereocenters. The molecule has 1 aliphatic rings. The smallest absolute Gasteiger partial charge is 0.251 e. The van der Waals surface area contributed by atoms with Crippen LogP contribution in [0.25, 0.3) is 0 Å². The van der Waals surface area contributed by atoms with E-state index in [0.717, 1.165) is 12.8 Å². The van der Waals surface area contributed by atoms with E-state index >= 15 is 0 Å². The number of hydrogen-bond donors (Lipinski definition) is 1. The molecule has 0 aliphatic heterocycles. The normalized spacial score (nSPS) is 17.3. The van der Waals surface area contributed by atoms with Gasteiger partial charge in [-0.3, -0.25) is 4.79 Å². The summed E-state index contributed by atoms with van der Waals surface area (Å²) in [5, 5.41) is 3.53. The lowest BCUT2D eigenvalue weighted by Crippen LogP contribution is -2.53. The first kappa shape index (κ1) is 17.1. The van der Waals surface area contributed by atoms with Crippen molar-refractivity contribution in [2.24, 2.45) is 0 Å². The van der Waals surface area contributed by atoms with Crippen LogP contribution in [0.3, 0.4) is 0 Å². The van der Waals surface area contributed by atoms with E-state index in [1.807, 2.05) is 0 Å². The summed E-state index contributed by atoms with van der Waals surface area (Å²) in [7, 11) is 5.76. The van der Waals surface area contributed by atoms with Gasteiger partial charge in [-0.2, -0.15) is 0 Å². The van der Waals surface area contributed by atoms with Crippen molar-refractivity contribution in [3.8, 4) is 5.75 Å². The largest absolute Gasteiger partial charge is 0.495 e. The van der Waals surface area contributed by atoms with Crippen LogP contribution in [0.4, 0.5) is 0 Å². The first-order valence-electron chi connectivity index (χ1n) is 7.78. The highest BCUT2D eigenvalue weighted by Crippen LogP contribution is 2.31. The molecule has 1 N–H and O–H groups in total. The topological polar surface area (TPSA) is 41.6 Å². The standard InChI is InChI=1S/C17H25ClN2O2/c1-20(2)17(9-5-4-6-10-17)12-19-16(21)13-7-8-15(22-3)14(18)11-13/h7-8,11H,4-6,9-10,12H2,1-3H3,(H,19,21). The van der Waals surface area contributed by atoms with E-state index in [0.29, 0.717) is 22.9 Å². The molecule has 1 aromatic rings. The van der Waals surface area contributed by atoms with Crippen molar-refractivity contribution in [1.29, 1.82) is 0 Å². The minimum Gasteiger partial charge on any atom is -0.495 e. The minimum atomic E-state index is -0.0867. The number of nitrogens with zero attached hydrogens (tertiary/aromatic N) is 1. The molecule has 0 atom stereocenters. The summed E-state index contributed by atoms with van der Waals surface area (Å²) >= 11 is 6.09. The molecule has 0 bridgehead atoms. The van der Waals surface area contributed by atoms with Gasteiger partial charge in [0.2, 0.25) is 0 Å². The monoisotopic (exact) mass is 324 g/mol. The van der Waals surface area contributed by atoms with Gasteiger partial charge >= 0.3 is 0 Å². The summed E-state index contributed by atoms with van der Waals surface area (Å²) in [6.45, 7) is 0.669. The van der Waals surface area contributed by atoms with Crippen LogP contribution >= 0.6 is 11.6 Å². The van der Waals surface area contributed by atoms with Gasteiger partial charge in [0.25, 0.3) is 5.91 Å². The lowest BCUT2D eigenvalue weighted by atomic mass is 9.80. The maximum atomic E-state index is 12.4. The zero-order valence-corrected chi connectivity index (χ0v) is 14.4. The van der Waals surface area contributed by atoms with E-state index in [1.54, 1.807) is 25.3 Å². The highest BCUT2D eigenvalue weighted by Gasteiger charge is 2.34. The van der Waals surface area contributed by atoms with Crippen LogP contribution < -0.4 is 10.1 Å². The Balaban J connectivity index is 2.03. The Morgan fingerprint density at radius 1 is 1.32 bits per heavy atom. The van der Waals surface area contributed by atoms with Gasteiger partial charge in [-0.1, -0.05) is 30.9 Å². The van der Waals surface area contributed by atoms with Gasteiger partial charge in [0.05, 0.1) is 12.1 Å². The molecule has 122 valence electrons. The Kier molecular flexibility index (Phi) is 5.70. The lowest BCUT2D eigenvalue weighted by Gasteiger charge is -2.43. The van der Waals surface area contributed by atoms with E-state index in [2.05, 4.69) is 24.3 Å². The van der Waals surface area contributed by atoms with E-state index in [-0.39, 0.29) is 11.4 Å². The number of hydrogen-bond acceptors (Lipinski definition) is 3. The van der Waals surface area contributed by atoms with Crippen molar-refractivity contribution in [2.75, 3.05) is 27.7 Å². The number of benzene rings is 1. The van der Waals surface area contributed by atoms with Crippen LogP contribution in [0.15, 0.2) is 18.2 Å². The summed E-state index contributed by atoms with van der Waals surface area (Å²) in [5.41, 5.74) is 0.639. The Hall–Kier alpha value is -1.26. The highest BCUT2D eigenvalue weighted by atomic mass is 35.5. The molecule has 0 radical (unpaired) electrons. The molecular formula is C17H25ClN2O2. The van der Waals surface area contributed by atoms with E-state index < -0.39 is 0 Å². The van der Waals surface area contributed by atoms with Crippen molar-refractivity contribution in [1.82, 2.24) is 10.2 Å². The predicted octanol–water partition coefficient (Wildman–Crippen LogP) is 3.34. The van der Waals surface area contributed by atoms with Crippen molar-refractivity contribution in [3.05, 3.63) is 28.8 Å². The molecule has 0 heterocycles. The fourth-order valence-corrected chi connectivity index (χ4v) is 3.40. The third kappa shape index (κ3) is 3.73. The predicted molar refractivity (Wildman–Crippen MR) is 89.8 cm³/mol. The Morgan fingerprint density at radius 2 is 2.00 bits per heavy atom. The molecule has 1 saturated carbocycles. The molecule has 1 amide bonds. The van der Waals surface area contributed by atoms with Gasteiger partial charge < -0.3 is 15.0 Å². The summed E-state index contributed by atoms with van der Waals surface area (Å²) in [6.07, 6.45) is 6.00. The van der Waals surface area contributed by atoms with Gasteiger partial charge in [0, 0.05) is 17.6 Å². The van der Waals surface area contributed by atoms with Gasteiger partial charge in [0.15, 0.2) is 0 Å². The molecule has 1 aliphatic carbocycles. The fourth-order valence-electron chi connectivity index (χ4n) is 3.15. The summed E-state index contributed by atoms with van der Waals surface area (Å²) < 4.78 is 5.11. The van der Waals surface area contributed by atoms with Crippen molar-refractivity contribution < 1.29 is 9.53 Å². The minimum absolute atomic E-state index is 0.0736. The first-order valence-corrected chi connectivity index (χ1v) is 8.15. The molecule has 0 spiro atoms. The second kappa shape index (κ2) is 7.34. The fraction of sp³-hybridized carbons (Fsp3) is 0.588. The number of halogens is 1. The Bertz CT molecular complexity index is 525. The van der Waals surface area contributed by atoms with Crippen molar-refractivity contribution in [2.45, 2.75) is 37.6 Å². The van der Waals surface area contributed by atoms with Gasteiger partial charge in [0.1, 0.15) is 5.75 Å². The SMILES string of the molecule is COc1ccc(C(=O)NCC2(N(C)C)CCCCC2)cc1Cl. The van der Waals surface area contributed by atoms with Crippen LogP contribution in [-0.2, 0) is 0 Å². The van der Waals surface area contributed by atoms with Gasteiger partial charge in [-0.25, -0.2) is 0 Å². The summed E-state index contributed by atoms with van der Waals surface area (Å²) in [6, 6.07) is 5.11. The molecule has 4 nitrogen and oxygen atoms in total. The second-order valence-electron chi connectivity index (χ2n) is 6.21. The zero-order chi connectivity index (χ0) is 16.2. The molecule has 0 saturated heterocycles. The second-order valence-corrected chi connectivity index (χ2v) is 6.62. The number of likely N-dealkylation sites (N-methyl/N-ethyl adjacent to an activating group) is 1. The van der Waals surface area contributed by atoms with Crippen LogP contribution in [0, 0.1) is 0 Å². The van der Waals surface area contributed by atoms with E-state index in [1.165, 1.54) is 19.3 Å². The highest BCUT2D eigenvalue weighted by molar-refractivity contribution is 6.32. The molecular weight excluding hydrogens is 300 g/mol. The van der Waals surface area contributed by atoms with Crippen molar-refractivity contribution in [3.63, 3.8) is 0 Å². The Morgan fingerprint density at radius 3 is 2.55 bits per heavy atom. The number of carbonyl (C=O) groups excluding carboxylic acids is 1. The molecule has 0 aromatic heterocycles. The van der Waals surface area contributed by atoms with Gasteiger partial charge in [-0.15, -0.1) is 0 Å². The van der Waals surface area contributed by atoms with E-state index in [4.69, 9.17) is 16.3 Å². The maximum absolute atomic E-state index is 12.4. The molecule has 22 heavy (non-hydrogen) atoms. The third-order valence-corrected chi connectivity index (χ3v) is 5.02. The third-order valence-electron chi connectivity index (χ3n) is 4.72. The number of methoxy groups -OCH3 is 1. The summed E-state index contributed by atoms with van der Waals surface area (Å²) in [4.78, 5) is 14.6. The summed E-state index contributed by atoms with van der Waals surface area (Å²) in [5.74, 6) is 0.492. The Labute approximate surface area is 137 Å². The van der Waals surface area contributed by atoms with E-state index in [9.17, 15) is 4.79 Å². The molecule has 1 aromatic carbocycles.